The van der Waals surface area contributed by atoms with Gasteiger partial charge in [-0.05, 0) is 56.2 Å². The van der Waals surface area contributed by atoms with E-state index < -0.39 is 6.17 Å². The van der Waals surface area contributed by atoms with Crippen LogP contribution in [0.1, 0.15) is 48.8 Å². The number of hydrogen-bond acceptors (Lipinski definition) is 7. The Labute approximate surface area is 251 Å². The largest absolute Gasteiger partial charge is 0.475 e. The van der Waals surface area contributed by atoms with Crippen LogP contribution in [0.5, 0.6) is 5.88 Å². The topological polar surface area (TPSA) is 67.7 Å². The predicted octanol–water partition coefficient (Wildman–Crippen LogP) is 5.22. The van der Waals surface area contributed by atoms with E-state index in [9.17, 15) is 9.65 Å². The van der Waals surface area contributed by atoms with Gasteiger partial charge < -0.3 is 19.9 Å². The highest BCUT2D eigenvalue weighted by atomic mass is 35.5. The van der Waals surface area contributed by atoms with Crippen LogP contribution in [-0.4, -0.2) is 73.0 Å². The number of pyridine rings is 1. The fourth-order valence-electron chi connectivity index (χ4n) is 8.44. The molecule has 4 saturated heterocycles. The summed E-state index contributed by atoms with van der Waals surface area (Å²) in [5, 5.41) is 17.2. The zero-order valence-electron chi connectivity index (χ0n) is 23.8. The third-order valence-electron chi connectivity index (χ3n) is 10.4. The van der Waals surface area contributed by atoms with Crippen molar-refractivity contribution in [1.82, 2.24) is 15.2 Å². The standard InChI is InChI=1S/C33H36ClFN6O/c34-28-6-1-4-21-5-2-7-29(30(21)28)39-13-10-25-27(19-39)26(15-36)32(38-31(25)40-17-23-8-9-24(18-40)37-23)42-20-33-11-3-12-41(33)16-22(35)14-33/h1-2,4-7,22-24,37H,3,8-14,16-20H2/t22-,23?,24?,33?/m1/s1. The smallest absolute Gasteiger partial charge is 0.234 e. The molecule has 2 aromatic carbocycles. The van der Waals surface area contributed by atoms with Gasteiger partial charge in [-0.15, -0.1) is 0 Å². The molecule has 1 N–H and O–H groups in total. The molecule has 1 aromatic heterocycles. The third-order valence-corrected chi connectivity index (χ3v) is 10.7. The average Bonchev–Trinajstić information content (AvgIpc) is 3.65. The molecule has 2 bridgehead atoms. The molecule has 8 rings (SSSR count). The first-order valence-corrected chi connectivity index (χ1v) is 15.8. The molecule has 0 aliphatic carbocycles. The average molecular weight is 587 g/mol. The van der Waals surface area contributed by atoms with E-state index in [1.807, 2.05) is 12.1 Å². The number of fused-ring (bicyclic) bond motifs is 5. The Kier molecular flexibility index (Phi) is 6.47. The highest BCUT2D eigenvalue weighted by molar-refractivity contribution is 6.36. The molecule has 0 amide bonds. The molecule has 3 aromatic rings. The van der Waals surface area contributed by atoms with Crippen molar-refractivity contribution in [2.45, 2.75) is 68.9 Å². The minimum Gasteiger partial charge on any atom is -0.475 e. The maximum absolute atomic E-state index is 14.5. The summed E-state index contributed by atoms with van der Waals surface area (Å²) in [5.74, 6) is 1.36. The van der Waals surface area contributed by atoms with Gasteiger partial charge in [-0.2, -0.15) is 10.2 Å². The lowest BCUT2D eigenvalue weighted by molar-refractivity contribution is 0.110. The summed E-state index contributed by atoms with van der Waals surface area (Å²) >= 11 is 6.73. The molecule has 7 nitrogen and oxygen atoms in total. The van der Waals surface area contributed by atoms with Crippen LogP contribution < -0.4 is 19.9 Å². The fraction of sp³-hybridized carbons (Fsp3) is 0.515. The fourth-order valence-corrected chi connectivity index (χ4v) is 8.71. The quantitative estimate of drug-likeness (QED) is 0.440. The molecule has 5 aliphatic rings. The molecule has 42 heavy (non-hydrogen) atoms. The van der Waals surface area contributed by atoms with Gasteiger partial charge in [-0.1, -0.05) is 35.9 Å². The van der Waals surface area contributed by atoms with Crippen molar-refractivity contribution in [3.8, 4) is 11.9 Å². The number of benzene rings is 2. The van der Waals surface area contributed by atoms with Crippen LogP contribution in [0.25, 0.3) is 10.8 Å². The third kappa shape index (κ3) is 4.32. The van der Waals surface area contributed by atoms with Crippen LogP contribution in [0.3, 0.4) is 0 Å². The van der Waals surface area contributed by atoms with Crippen molar-refractivity contribution in [3.05, 3.63) is 58.1 Å². The summed E-state index contributed by atoms with van der Waals surface area (Å²) in [5.41, 5.74) is 3.44. The van der Waals surface area contributed by atoms with E-state index in [-0.39, 0.29) is 5.54 Å². The SMILES string of the molecule is N#Cc1c(OCC23CCCN2C[C@H](F)C3)nc(N2CC3CCC(C2)N3)c2c1CN(c1cccc3cccc(Cl)c13)CC2. The lowest BCUT2D eigenvalue weighted by Gasteiger charge is -2.39. The van der Waals surface area contributed by atoms with Crippen LogP contribution in [0.4, 0.5) is 15.9 Å². The van der Waals surface area contributed by atoms with Crippen LogP contribution in [0.15, 0.2) is 36.4 Å². The van der Waals surface area contributed by atoms with Crippen molar-refractivity contribution in [1.29, 1.82) is 5.26 Å². The van der Waals surface area contributed by atoms with E-state index in [2.05, 4.69) is 50.4 Å². The van der Waals surface area contributed by atoms with Crippen LogP contribution in [0, 0.1) is 11.3 Å². The zero-order chi connectivity index (χ0) is 28.4. The molecule has 6 heterocycles. The number of ether oxygens (including phenoxy) is 1. The van der Waals surface area contributed by atoms with E-state index in [0.717, 1.165) is 83.9 Å². The van der Waals surface area contributed by atoms with Gasteiger partial charge in [0, 0.05) is 73.4 Å². The number of nitriles is 1. The first kappa shape index (κ1) is 26.5. The van der Waals surface area contributed by atoms with Crippen molar-refractivity contribution >= 4 is 33.9 Å². The predicted molar refractivity (Wildman–Crippen MR) is 163 cm³/mol. The highest BCUT2D eigenvalue weighted by Gasteiger charge is 2.49. The number of alkyl halides is 1. The summed E-state index contributed by atoms with van der Waals surface area (Å²) in [7, 11) is 0. The number of anilines is 2. The normalized spacial score (nSPS) is 28.6. The van der Waals surface area contributed by atoms with Gasteiger partial charge in [0.05, 0.1) is 10.6 Å². The van der Waals surface area contributed by atoms with Gasteiger partial charge >= 0.3 is 0 Å². The van der Waals surface area contributed by atoms with Crippen LogP contribution in [0.2, 0.25) is 5.02 Å². The molecule has 3 unspecified atom stereocenters. The summed E-state index contributed by atoms with van der Waals surface area (Å²) < 4.78 is 21.1. The maximum Gasteiger partial charge on any atom is 0.234 e. The van der Waals surface area contributed by atoms with Gasteiger partial charge in [-0.3, -0.25) is 4.90 Å². The molecule has 0 radical (unpaired) electrons. The van der Waals surface area contributed by atoms with Crippen molar-refractivity contribution in [2.24, 2.45) is 0 Å². The monoisotopic (exact) mass is 586 g/mol. The first-order valence-electron chi connectivity index (χ1n) is 15.4. The molecule has 4 fully saturated rings. The highest BCUT2D eigenvalue weighted by Crippen LogP contribution is 2.43. The number of nitrogens with one attached hydrogen (secondary N) is 1. The molecular formula is C33H36ClFN6O. The van der Waals surface area contributed by atoms with E-state index >= 15 is 0 Å². The Balaban J connectivity index is 1.20. The van der Waals surface area contributed by atoms with Crippen molar-refractivity contribution in [2.75, 3.05) is 49.1 Å². The molecule has 0 saturated carbocycles. The number of nitrogens with zero attached hydrogens (tertiary/aromatic N) is 5. The van der Waals surface area contributed by atoms with E-state index in [1.165, 1.54) is 12.8 Å². The van der Waals surface area contributed by atoms with Crippen molar-refractivity contribution < 1.29 is 9.13 Å². The minimum atomic E-state index is -0.825. The van der Waals surface area contributed by atoms with Gasteiger partial charge in [0.1, 0.15) is 30.2 Å². The van der Waals surface area contributed by atoms with Crippen LogP contribution in [-0.2, 0) is 13.0 Å². The van der Waals surface area contributed by atoms with Gasteiger partial charge in [0.2, 0.25) is 5.88 Å². The summed E-state index contributed by atoms with van der Waals surface area (Å²) in [6.45, 7) is 4.95. The Morgan fingerprint density at radius 1 is 1.07 bits per heavy atom. The lowest BCUT2D eigenvalue weighted by Crippen LogP contribution is -2.52. The number of hydrogen-bond donors (Lipinski definition) is 1. The summed E-state index contributed by atoms with van der Waals surface area (Å²) in [6, 6.07) is 15.7. The molecule has 4 atom stereocenters. The number of rotatable bonds is 5. The molecular weight excluding hydrogens is 551 g/mol. The van der Waals surface area contributed by atoms with Crippen LogP contribution >= 0.6 is 11.6 Å². The maximum atomic E-state index is 14.5. The van der Waals surface area contributed by atoms with Crippen molar-refractivity contribution in [3.63, 3.8) is 0 Å². The minimum absolute atomic E-state index is 0.302. The molecule has 0 spiro atoms. The number of halogens is 2. The Hall–Kier alpha value is -3.12. The Morgan fingerprint density at radius 2 is 1.88 bits per heavy atom. The van der Waals surface area contributed by atoms with E-state index in [4.69, 9.17) is 21.3 Å². The second kappa shape index (κ2) is 10.3. The second-order valence-electron chi connectivity index (χ2n) is 12.9. The molecule has 5 aliphatic heterocycles. The van der Waals surface area contributed by atoms with Gasteiger partial charge in [0.25, 0.3) is 0 Å². The second-order valence-corrected chi connectivity index (χ2v) is 13.3. The number of aromatic nitrogens is 1. The lowest BCUT2D eigenvalue weighted by atomic mass is 9.93. The summed E-state index contributed by atoms with van der Waals surface area (Å²) in [6.07, 6.45) is 4.79. The first-order chi connectivity index (χ1) is 20.5. The number of piperazine rings is 1. The Morgan fingerprint density at radius 3 is 2.69 bits per heavy atom. The Bertz CT molecular complexity index is 1580. The zero-order valence-corrected chi connectivity index (χ0v) is 24.5. The van der Waals surface area contributed by atoms with E-state index in [1.54, 1.807) is 0 Å². The van der Waals surface area contributed by atoms with E-state index in [0.29, 0.717) is 49.6 Å². The summed E-state index contributed by atoms with van der Waals surface area (Å²) in [4.78, 5) is 12.1. The molecule has 9 heteroatoms. The molecule has 218 valence electrons. The van der Waals surface area contributed by atoms with Gasteiger partial charge in [0.15, 0.2) is 0 Å². The van der Waals surface area contributed by atoms with Gasteiger partial charge in [-0.25, -0.2) is 4.39 Å².